The van der Waals surface area contributed by atoms with Crippen LogP contribution in [0.1, 0.15) is 136 Å². The fourth-order valence-corrected chi connectivity index (χ4v) is 4.56. The summed E-state index contributed by atoms with van der Waals surface area (Å²) in [5.41, 5.74) is 0. The van der Waals surface area contributed by atoms with Crippen molar-refractivity contribution in [1.82, 2.24) is 4.90 Å². The fourth-order valence-electron chi connectivity index (χ4n) is 3.99. The second-order valence-electron chi connectivity index (χ2n) is 9.44. The van der Waals surface area contributed by atoms with Gasteiger partial charge in [-0.25, -0.2) is 0 Å². The third-order valence-corrected chi connectivity index (χ3v) is 6.94. The topological polar surface area (TPSA) is 41.9 Å². The maximum Gasteiger partial charge on any atom is 0.330 e. The molecular weight excluding hydrogens is 429 g/mol. The van der Waals surface area contributed by atoms with Crippen molar-refractivity contribution in [2.24, 2.45) is 0 Å². The Morgan fingerprint density at radius 1 is 0.576 bits per heavy atom. The number of hydrogen-bond acceptors (Lipinski definition) is 4. The van der Waals surface area contributed by atoms with E-state index in [4.69, 9.17) is 9.05 Å². The number of hydrogen-bond donors (Lipinski definition) is 1. The standard InChI is InChI=1S/C28H58NO3P/c1-4-7-10-13-15-18-22-27-31-33(30)32-28-23-21-26-29(24-19-16-12-9-6-3)25-20-17-14-11-8-5-2/h21,23,30H,4-20,22,24-28H2,1-3H3/b23-21+. The smallest absolute Gasteiger partial charge is 0.328 e. The van der Waals surface area contributed by atoms with Gasteiger partial charge in [-0.1, -0.05) is 129 Å². The van der Waals surface area contributed by atoms with Crippen molar-refractivity contribution in [3.63, 3.8) is 0 Å². The van der Waals surface area contributed by atoms with E-state index >= 15 is 0 Å². The van der Waals surface area contributed by atoms with Crippen LogP contribution in [0.15, 0.2) is 12.2 Å². The van der Waals surface area contributed by atoms with Gasteiger partial charge in [0, 0.05) is 6.54 Å². The molecule has 0 radical (unpaired) electrons. The molecule has 0 aromatic heterocycles. The van der Waals surface area contributed by atoms with Crippen molar-refractivity contribution >= 4 is 8.60 Å². The summed E-state index contributed by atoms with van der Waals surface area (Å²) in [6, 6.07) is 0. The molecule has 0 saturated carbocycles. The SMILES string of the molecule is CCCCCCCCCOP(O)OC/C=C/CN(CCCCCCC)CCCCCCCC. The monoisotopic (exact) mass is 487 g/mol. The predicted octanol–water partition coefficient (Wildman–Crippen LogP) is 9.18. The Hall–Kier alpha value is 0.0100. The molecule has 0 aliphatic carbocycles. The summed E-state index contributed by atoms with van der Waals surface area (Å²) in [6.07, 6.45) is 27.8. The normalized spacial score (nSPS) is 12.9. The van der Waals surface area contributed by atoms with Gasteiger partial charge in [-0.2, -0.15) is 0 Å². The molecule has 1 N–H and O–H groups in total. The van der Waals surface area contributed by atoms with Gasteiger partial charge in [0.25, 0.3) is 0 Å². The van der Waals surface area contributed by atoms with E-state index in [2.05, 4.69) is 31.7 Å². The van der Waals surface area contributed by atoms with Crippen LogP contribution in [0.5, 0.6) is 0 Å². The summed E-state index contributed by atoms with van der Waals surface area (Å²) >= 11 is 0. The Bertz CT molecular complexity index is 395. The van der Waals surface area contributed by atoms with Crippen LogP contribution in [0.3, 0.4) is 0 Å². The highest BCUT2D eigenvalue weighted by Crippen LogP contribution is 2.32. The molecule has 1 unspecified atom stereocenters. The third-order valence-electron chi connectivity index (χ3n) is 6.17. The third kappa shape index (κ3) is 26.5. The summed E-state index contributed by atoms with van der Waals surface area (Å²) in [5.74, 6) is 0. The van der Waals surface area contributed by atoms with E-state index in [1.807, 2.05) is 6.08 Å². The summed E-state index contributed by atoms with van der Waals surface area (Å²) < 4.78 is 10.9. The lowest BCUT2D eigenvalue weighted by atomic mass is 10.1. The lowest BCUT2D eigenvalue weighted by molar-refractivity contribution is 0.210. The van der Waals surface area contributed by atoms with E-state index in [-0.39, 0.29) is 0 Å². The zero-order valence-corrected chi connectivity index (χ0v) is 23.5. The molecule has 0 rings (SSSR count). The molecule has 0 aliphatic rings. The summed E-state index contributed by atoms with van der Waals surface area (Å²) in [6.45, 7) is 11.2. The number of rotatable bonds is 27. The van der Waals surface area contributed by atoms with Crippen molar-refractivity contribution < 1.29 is 13.9 Å². The van der Waals surface area contributed by atoms with Crippen molar-refractivity contribution in [1.29, 1.82) is 0 Å². The van der Waals surface area contributed by atoms with Gasteiger partial charge in [-0.3, -0.25) is 4.90 Å². The summed E-state index contributed by atoms with van der Waals surface area (Å²) in [4.78, 5) is 12.5. The quantitative estimate of drug-likeness (QED) is 0.0712. The van der Waals surface area contributed by atoms with E-state index < -0.39 is 8.60 Å². The van der Waals surface area contributed by atoms with Gasteiger partial charge < -0.3 is 13.9 Å². The lowest BCUT2D eigenvalue weighted by Gasteiger charge is -2.20. The van der Waals surface area contributed by atoms with Crippen LogP contribution < -0.4 is 0 Å². The molecular formula is C28H58NO3P. The van der Waals surface area contributed by atoms with Gasteiger partial charge >= 0.3 is 8.60 Å². The first-order chi connectivity index (χ1) is 16.2. The van der Waals surface area contributed by atoms with Gasteiger partial charge in [-0.05, 0) is 32.4 Å². The first-order valence-corrected chi connectivity index (χ1v) is 15.5. The zero-order chi connectivity index (χ0) is 24.2. The summed E-state index contributed by atoms with van der Waals surface area (Å²) in [5, 5.41) is 0. The average molecular weight is 488 g/mol. The average Bonchev–Trinajstić information content (AvgIpc) is 2.82. The lowest BCUT2D eigenvalue weighted by Crippen LogP contribution is -2.26. The van der Waals surface area contributed by atoms with E-state index in [1.165, 1.54) is 122 Å². The second-order valence-corrected chi connectivity index (χ2v) is 10.4. The molecule has 0 aromatic carbocycles. The van der Waals surface area contributed by atoms with E-state index in [0.717, 1.165) is 13.0 Å². The van der Waals surface area contributed by atoms with E-state index in [1.54, 1.807) is 0 Å². The van der Waals surface area contributed by atoms with Crippen LogP contribution in [-0.4, -0.2) is 42.6 Å². The van der Waals surface area contributed by atoms with Gasteiger partial charge in [0.2, 0.25) is 0 Å². The molecule has 0 heterocycles. The first-order valence-electron chi connectivity index (χ1n) is 14.4. The summed E-state index contributed by atoms with van der Waals surface area (Å²) in [7, 11) is -1.74. The van der Waals surface area contributed by atoms with Crippen LogP contribution in [0.2, 0.25) is 0 Å². The minimum atomic E-state index is -1.74. The van der Waals surface area contributed by atoms with Gasteiger partial charge in [0.05, 0.1) is 13.2 Å². The van der Waals surface area contributed by atoms with Gasteiger partial charge in [-0.15, -0.1) is 0 Å². The Kier molecular flexibility index (Phi) is 28.3. The zero-order valence-electron chi connectivity index (χ0n) is 22.6. The molecule has 4 nitrogen and oxygen atoms in total. The molecule has 0 aliphatic heterocycles. The van der Waals surface area contributed by atoms with Crippen molar-refractivity contribution in [3.8, 4) is 0 Å². The Morgan fingerprint density at radius 2 is 1.03 bits per heavy atom. The van der Waals surface area contributed by atoms with E-state index in [9.17, 15) is 4.89 Å². The predicted molar refractivity (Wildman–Crippen MR) is 147 cm³/mol. The maximum absolute atomic E-state index is 9.90. The van der Waals surface area contributed by atoms with Gasteiger partial charge in [0.1, 0.15) is 0 Å². The Balaban J connectivity index is 3.89. The molecule has 5 heteroatoms. The van der Waals surface area contributed by atoms with Crippen molar-refractivity contribution in [3.05, 3.63) is 12.2 Å². The molecule has 0 saturated heterocycles. The molecule has 0 aromatic rings. The molecule has 33 heavy (non-hydrogen) atoms. The highest BCUT2D eigenvalue weighted by atomic mass is 31.2. The maximum atomic E-state index is 9.90. The molecule has 0 fully saturated rings. The second kappa shape index (κ2) is 28.2. The van der Waals surface area contributed by atoms with Crippen LogP contribution in [0, 0.1) is 0 Å². The number of unbranched alkanes of at least 4 members (excludes halogenated alkanes) is 15. The Morgan fingerprint density at radius 3 is 1.55 bits per heavy atom. The number of nitrogens with zero attached hydrogens (tertiary/aromatic N) is 1. The van der Waals surface area contributed by atoms with E-state index in [0.29, 0.717) is 13.2 Å². The largest absolute Gasteiger partial charge is 0.330 e. The minimum absolute atomic E-state index is 0.431. The van der Waals surface area contributed by atoms with Crippen LogP contribution in [0.25, 0.3) is 0 Å². The molecule has 0 bridgehead atoms. The van der Waals surface area contributed by atoms with Gasteiger partial charge in [0.15, 0.2) is 0 Å². The van der Waals surface area contributed by atoms with Crippen molar-refractivity contribution in [2.75, 3.05) is 32.8 Å². The molecule has 1 atom stereocenters. The highest BCUT2D eigenvalue weighted by Gasteiger charge is 2.06. The molecule has 198 valence electrons. The molecule has 0 amide bonds. The first kappa shape index (κ1) is 33.0. The van der Waals surface area contributed by atoms with Crippen LogP contribution in [-0.2, 0) is 9.05 Å². The fraction of sp³-hybridized carbons (Fsp3) is 0.929. The highest BCUT2D eigenvalue weighted by molar-refractivity contribution is 7.40. The minimum Gasteiger partial charge on any atom is -0.328 e. The van der Waals surface area contributed by atoms with Crippen LogP contribution in [0.4, 0.5) is 0 Å². The van der Waals surface area contributed by atoms with Crippen LogP contribution >= 0.6 is 8.60 Å². The Labute approximate surface area is 208 Å². The molecule has 0 spiro atoms. The van der Waals surface area contributed by atoms with Crippen molar-refractivity contribution in [2.45, 2.75) is 136 Å².